The molecule has 3 nitrogen and oxygen atoms in total. The molecule has 3 rings (SSSR count). The van der Waals surface area contributed by atoms with Gasteiger partial charge >= 0.3 is 0 Å². The van der Waals surface area contributed by atoms with Crippen molar-refractivity contribution in [3.63, 3.8) is 0 Å². The van der Waals surface area contributed by atoms with Gasteiger partial charge < -0.3 is 4.57 Å². The van der Waals surface area contributed by atoms with Crippen molar-refractivity contribution in [3.05, 3.63) is 53.3 Å². The van der Waals surface area contributed by atoms with E-state index in [4.69, 9.17) is 5.26 Å². The highest BCUT2D eigenvalue weighted by atomic mass is 14.9. The minimum atomic E-state index is 0.702. The van der Waals surface area contributed by atoms with Crippen LogP contribution in [0.5, 0.6) is 0 Å². The molecular weight excluding hydrogens is 246 g/mol. The van der Waals surface area contributed by atoms with E-state index in [2.05, 4.69) is 34.7 Å². The first-order valence-electron chi connectivity index (χ1n) is 6.53. The van der Waals surface area contributed by atoms with E-state index in [1.807, 2.05) is 38.4 Å². The lowest BCUT2D eigenvalue weighted by molar-refractivity contribution is 0.915. The Morgan fingerprint density at radius 3 is 2.70 bits per heavy atom. The third-order valence-electron chi connectivity index (χ3n) is 3.82. The molecule has 0 aliphatic rings. The number of rotatable bonds is 1. The van der Waals surface area contributed by atoms with Gasteiger partial charge in [-0.3, -0.25) is 4.98 Å². The maximum atomic E-state index is 9.13. The molecule has 2 heterocycles. The van der Waals surface area contributed by atoms with E-state index in [-0.39, 0.29) is 0 Å². The third kappa shape index (κ3) is 1.86. The number of aromatic nitrogens is 2. The van der Waals surface area contributed by atoms with Gasteiger partial charge in [0.1, 0.15) is 0 Å². The minimum Gasteiger partial charge on any atom is -0.347 e. The molecule has 3 aromatic rings. The second-order valence-corrected chi connectivity index (χ2v) is 5.11. The summed E-state index contributed by atoms with van der Waals surface area (Å²) >= 11 is 0. The van der Waals surface area contributed by atoms with Crippen LogP contribution in [0.25, 0.3) is 22.2 Å². The van der Waals surface area contributed by atoms with E-state index in [0.717, 1.165) is 22.3 Å². The molecule has 1 aromatic carbocycles. The Labute approximate surface area is 118 Å². The van der Waals surface area contributed by atoms with E-state index in [0.29, 0.717) is 5.56 Å². The quantitative estimate of drug-likeness (QED) is 0.669. The van der Waals surface area contributed by atoms with Crippen LogP contribution in [0, 0.1) is 25.2 Å². The largest absolute Gasteiger partial charge is 0.347 e. The molecule has 0 aliphatic carbocycles. The Balaban J connectivity index is 2.17. The van der Waals surface area contributed by atoms with Crippen molar-refractivity contribution in [2.75, 3.05) is 0 Å². The van der Waals surface area contributed by atoms with Gasteiger partial charge in [-0.15, -0.1) is 0 Å². The van der Waals surface area contributed by atoms with Gasteiger partial charge in [-0.2, -0.15) is 5.26 Å². The molecule has 0 spiro atoms. The SMILES string of the molecule is Cc1ccc(-c2cc3cc(C)n(C)c3cn2)cc1C#N. The third-order valence-corrected chi connectivity index (χ3v) is 3.82. The molecule has 0 N–H and O–H groups in total. The lowest BCUT2D eigenvalue weighted by Crippen LogP contribution is -1.91. The van der Waals surface area contributed by atoms with E-state index in [9.17, 15) is 0 Å². The molecule has 98 valence electrons. The first-order valence-corrected chi connectivity index (χ1v) is 6.53. The average molecular weight is 261 g/mol. The predicted molar refractivity (Wildman–Crippen MR) is 80.3 cm³/mol. The van der Waals surface area contributed by atoms with Crippen LogP contribution in [0.2, 0.25) is 0 Å². The van der Waals surface area contributed by atoms with E-state index < -0.39 is 0 Å². The van der Waals surface area contributed by atoms with Crippen molar-refractivity contribution < 1.29 is 0 Å². The minimum absolute atomic E-state index is 0.702. The van der Waals surface area contributed by atoms with Gasteiger partial charge in [0.25, 0.3) is 0 Å². The summed E-state index contributed by atoms with van der Waals surface area (Å²) in [4.78, 5) is 4.53. The molecule has 3 heteroatoms. The van der Waals surface area contributed by atoms with Gasteiger partial charge in [-0.1, -0.05) is 12.1 Å². The molecule has 0 unspecified atom stereocenters. The molecule has 0 aliphatic heterocycles. The van der Waals surface area contributed by atoms with Gasteiger partial charge in [-0.05, 0) is 37.6 Å². The highest BCUT2D eigenvalue weighted by molar-refractivity contribution is 5.84. The lowest BCUT2D eigenvalue weighted by Gasteiger charge is -2.04. The lowest BCUT2D eigenvalue weighted by atomic mass is 10.0. The summed E-state index contributed by atoms with van der Waals surface area (Å²) in [6, 6.07) is 12.3. The maximum Gasteiger partial charge on any atom is 0.0994 e. The molecule has 0 saturated carbocycles. The zero-order valence-electron chi connectivity index (χ0n) is 11.8. The second-order valence-electron chi connectivity index (χ2n) is 5.11. The number of aryl methyl sites for hydroxylation is 3. The number of pyridine rings is 1. The molecule has 0 radical (unpaired) electrons. The number of hydrogen-bond donors (Lipinski definition) is 0. The van der Waals surface area contributed by atoms with Crippen molar-refractivity contribution in [2.24, 2.45) is 7.05 Å². The van der Waals surface area contributed by atoms with Crippen LogP contribution in [0.15, 0.2) is 36.5 Å². The fourth-order valence-electron chi connectivity index (χ4n) is 2.43. The Kier molecular flexibility index (Phi) is 2.80. The number of nitrogens with zero attached hydrogens (tertiary/aromatic N) is 3. The van der Waals surface area contributed by atoms with E-state index in [1.54, 1.807) is 0 Å². The first kappa shape index (κ1) is 12.4. The maximum absolute atomic E-state index is 9.13. The number of nitriles is 1. The zero-order valence-corrected chi connectivity index (χ0v) is 11.8. The van der Waals surface area contributed by atoms with Crippen LogP contribution in [-0.2, 0) is 7.05 Å². The summed E-state index contributed by atoms with van der Waals surface area (Å²) in [5, 5.41) is 10.3. The molecule has 20 heavy (non-hydrogen) atoms. The Morgan fingerprint density at radius 1 is 1.15 bits per heavy atom. The van der Waals surface area contributed by atoms with Gasteiger partial charge in [0.2, 0.25) is 0 Å². The van der Waals surface area contributed by atoms with Gasteiger partial charge in [-0.25, -0.2) is 0 Å². The Bertz CT molecular complexity index is 851. The van der Waals surface area contributed by atoms with Crippen LogP contribution in [0.4, 0.5) is 0 Å². The molecule has 0 saturated heterocycles. The molecule has 0 amide bonds. The standard InChI is InChI=1S/C17H15N3/c1-11-4-5-13(7-15(11)9-18)16-8-14-6-12(2)20(3)17(14)10-19-16/h4-8,10H,1-3H3. The molecular formula is C17H15N3. The Morgan fingerprint density at radius 2 is 1.95 bits per heavy atom. The summed E-state index contributed by atoms with van der Waals surface area (Å²) in [6.07, 6.45) is 1.89. The fourth-order valence-corrected chi connectivity index (χ4v) is 2.43. The van der Waals surface area contributed by atoms with Crippen molar-refractivity contribution in [1.82, 2.24) is 9.55 Å². The number of fused-ring (bicyclic) bond motifs is 1. The van der Waals surface area contributed by atoms with Crippen molar-refractivity contribution in [1.29, 1.82) is 5.26 Å². The van der Waals surface area contributed by atoms with Crippen LogP contribution < -0.4 is 0 Å². The van der Waals surface area contributed by atoms with Crippen molar-refractivity contribution in [2.45, 2.75) is 13.8 Å². The summed E-state index contributed by atoms with van der Waals surface area (Å²) < 4.78 is 2.13. The Hall–Kier alpha value is -2.60. The number of benzene rings is 1. The van der Waals surface area contributed by atoms with Crippen LogP contribution in [0.3, 0.4) is 0 Å². The highest BCUT2D eigenvalue weighted by Gasteiger charge is 2.07. The van der Waals surface area contributed by atoms with Gasteiger partial charge in [0, 0.05) is 23.7 Å². The molecule has 0 fully saturated rings. The van der Waals surface area contributed by atoms with Gasteiger partial charge in [0.05, 0.1) is 29.0 Å². The summed E-state index contributed by atoms with van der Waals surface area (Å²) in [6.45, 7) is 4.03. The smallest absolute Gasteiger partial charge is 0.0994 e. The topological polar surface area (TPSA) is 41.6 Å². The van der Waals surface area contributed by atoms with Crippen LogP contribution in [-0.4, -0.2) is 9.55 Å². The van der Waals surface area contributed by atoms with Crippen LogP contribution in [0.1, 0.15) is 16.8 Å². The predicted octanol–water partition coefficient (Wildman–Crippen LogP) is 3.73. The molecule has 2 aromatic heterocycles. The number of hydrogen-bond acceptors (Lipinski definition) is 2. The zero-order chi connectivity index (χ0) is 14.3. The van der Waals surface area contributed by atoms with E-state index in [1.165, 1.54) is 11.1 Å². The molecule has 0 bridgehead atoms. The fraction of sp³-hybridized carbons (Fsp3) is 0.176. The van der Waals surface area contributed by atoms with Crippen molar-refractivity contribution in [3.8, 4) is 17.3 Å². The first-order chi connectivity index (χ1) is 9.60. The summed E-state index contributed by atoms with van der Waals surface area (Å²) in [5.41, 5.74) is 5.91. The highest BCUT2D eigenvalue weighted by Crippen LogP contribution is 2.25. The second kappa shape index (κ2) is 4.50. The van der Waals surface area contributed by atoms with Crippen molar-refractivity contribution >= 4 is 10.9 Å². The summed E-state index contributed by atoms with van der Waals surface area (Å²) in [5.74, 6) is 0. The van der Waals surface area contributed by atoms with E-state index >= 15 is 0 Å². The molecule has 0 atom stereocenters. The summed E-state index contributed by atoms with van der Waals surface area (Å²) in [7, 11) is 2.04. The normalized spacial score (nSPS) is 10.7. The monoisotopic (exact) mass is 261 g/mol. The van der Waals surface area contributed by atoms with Crippen LogP contribution >= 0.6 is 0 Å². The average Bonchev–Trinajstić information content (AvgIpc) is 2.74. The van der Waals surface area contributed by atoms with Gasteiger partial charge in [0.15, 0.2) is 0 Å².